The third-order valence-electron chi connectivity index (χ3n) is 3.34. The molecule has 1 aromatic carbocycles. The first-order chi connectivity index (χ1) is 12.5. The number of nitrogens with one attached hydrogen (secondary N) is 2. The van der Waals surface area contributed by atoms with Gasteiger partial charge in [0, 0.05) is 15.7 Å². The Labute approximate surface area is 160 Å². The van der Waals surface area contributed by atoms with Crippen molar-refractivity contribution < 1.29 is 23.9 Å². The molecule has 0 saturated heterocycles. The van der Waals surface area contributed by atoms with Crippen LogP contribution in [-0.4, -0.2) is 43.5 Å². The summed E-state index contributed by atoms with van der Waals surface area (Å²) in [6, 6.07) is 6.86. The van der Waals surface area contributed by atoms with Gasteiger partial charge >= 0.3 is 18.0 Å². The van der Waals surface area contributed by atoms with Gasteiger partial charge in [0.15, 0.2) is 0 Å². The van der Waals surface area contributed by atoms with Crippen molar-refractivity contribution in [2.24, 2.45) is 0 Å². The van der Waals surface area contributed by atoms with Crippen LogP contribution in [0.1, 0.15) is 13.3 Å². The van der Waals surface area contributed by atoms with E-state index in [2.05, 4.69) is 10.6 Å². The van der Waals surface area contributed by atoms with E-state index in [4.69, 9.17) is 21.1 Å². The lowest BCUT2D eigenvalue weighted by Gasteiger charge is -2.21. The summed E-state index contributed by atoms with van der Waals surface area (Å²) in [6.07, 6.45) is 0.196. The normalized spacial score (nSPS) is 13.7. The second kappa shape index (κ2) is 10.1. The Kier molecular flexibility index (Phi) is 7.80. The first-order valence-corrected chi connectivity index (χ1v) is 9.34. The summed E-state index contributed by atoms with van der Waals surface area (Å²) < 4.78 is 10.1. The number of halogens is 1. The van der Waals surface area contributed by atoms with Crippen LogP contribution >= 0.6 is 23.4 Å². The van der Waals surface area contributed by atoms with Gasteiger partial charge in [-0.3, -0.25) is 4.79 Å². The summed E-state index contributed by atoms with van der Waals surface area (Å²) in [6.45, 7) is 1.74. The maximum atomic E-state index is 11.9. The molecule has 0 spiro atoms. The zero-order valence-corrected chi connectivity index (χ0v) is 15.7. The molecule has 1 aliphatic heterocycles. The lowest BCUT2D eigenvalue weighted by molar-refractivity contribution is -0.143. The molecule has 0 fully saturated rings. The van der Waals surface area contributed by atoms with E-state index in [1.54, 1.807) is 19.1 Å². The van der Waals surface area contributed by atoms with Crippen LogP contribution in [0, 0.1) is 0 Å². The molecule has 1 heterocycles. The molecule has 0 aliphatic carbocycles. The highest BCUT2D eigenvalue weighted by Crippen LogP contribution is 2.21. The average molecular weight is 399 g/mol. The van der Waals surface area contributed by atoms with Crippen molar-refractivity contribution in [3.8, 4) is 0 Å². The molecular weight excluding hydrogens is 380 g/mol. The van der Waals surface area contributed by atoms with Crippen molar-refractivity contribution in [2.45, 2.75) is 18.2 Å². The van der Waals surface area contributed by atoms with E-state index in [1.807, 2.05) is 12.1 Å². The standard InChI is InChI=1S/C17H19ClN2O5S/c1-2-24-16(22)13-9-19-17(23)20-14(13)10-25-15(21)7-8-26-12-5-3-11(18)4-6-12/h3-6H,2,7-10H2,1H3,(H2,19,20,23). The highest BCUT2D eigenvalue weighted by Gasteiger charge is 2.24. The second-order valence-corrected chi connectivity index (χ2v) is 6.80. The topological polar surface area (TPSA) is 93.7 Å². The summed E-state index contributed by atoms with van der Waals surface area (Å²) in [5.74, 6) is -0.433. The fourth-order valence-electron chi connectivity index (χ4n) is 2.08. The van der Waals surface area contributed by atoms with Gasteiger partial charge in [0.2, 0.25) is 0 Å². The van der Waals surface area contributed by atoms with Crippen LogP contribution in [0.5, 0.6) is 0 Å². The van der Waals surface area contributed by atoms with E-state index in [-0.39, 0.29) is 37.4 Å². The minimum atomic E-state index is -0.552. The molecule has 0 bridgehead atoms. The Hall–Kier alpha value is -2.19. The predicted octanol–water partition coefficient (Wildman–Crippen LogP) is 2.50. The molecule has 2 rings (SSSR count). The lowest BCUT2D eigenvalue weighted by Crippen LogP contribution is -2.45. The van der Waals surface area contributed by atoms with E-state index in [0.717, 1.165) is 4.90 Å². The highest BCUT2D eigenvalue weighted by molar-refractivity contribution is 7.99. The molecule has 1 aromatic rings. The Bertz CT molecular complexity index is 706. The minimum Gasteiger partial charge on any atom is -0.463 e. The number of esters is 2. The molecule has 0 atom stereocenters. The van der Waals surface area contributed by atoms with Crippen LogP contribution < -0.4 is 10.6 Å². The molecule has 140 valence electrons. The molecule has 0 saturated carbocycles. The number of carbonyl (C=O) groups is 3. The molecule has 0 aromatic heterocycles. The summed E-state index contributed by atoms with van der Waals surface area (Å²) in [5.41, 5.74) is 0.487. The van der Waals surface area contributed by atoms with Gasteiger partial charge in [0.25, 0.3) is 0 Å². The molecule has 1 aliphatic rings. The van der Waals surface area contributed by atoms with Gasteiger partial charge in [-0.15, -0.1) is 11.8 Å². The number of hydrogen-bond donors (Lipinski definition) is 2. The molecule has 2 amide bonds. The Balaban J connectivity index is 1.82. The van der Waals surface area contributed by atoms with Gasteiger partial charge in [-0.25, -0.2) is 9.59 Å². The van der Waals surface area contributed by atoms with Crippen molar-refractivity contribution in [3.05, 3.63) is 40.6 Å². The van der Waals surface area contributed by atoms with Crippen LogP contribution in [0.15, 0.2) is 40.4 Å². The second-order valence-electron chi connectivity index (χ2n) is 5.20. The van der Waals surface area contributed by atoms with Crippen molar-refractivity contribution in [1.29, 1.82) is 0 Å². The molecule has 0 unspecified atom stereocenters. The third-order valence-corrected chi connectivity index (χ3v) is 4.61. The molecule has 0 radical (unpaired) electrons. The maximum Gasteiger partial charge on any atom is 0.337 e. The number of amides is 2. The van der Waals surface area contributed by atoms with E-state index in [1.165, 1.54) is 11.8 Å². The Morgan fingerprint density at radius 2 is 1.96 bits per heavy atom. The summed E-state index contributed by atoms with van der Waals surface area (Å²) in [4.78, 5) is 36.2. The fourth-order valence-corrected chi connectivity index (χ4v) is 3.04. The largest absolute Gasteiger partial charge is 0.463 e. The van der Waals surface area contributed by atoms with Crippen molar-refractivity contribution >= 4 is 41.3 Å². The summed E-state index contributed by atoms with van der Waals surface area (Å²) in [5, 5.41) is 5.62. The van der Waals surface area contributed by atoms with E-state index >= 15 is 0 Å². The first kappa shape index (κ1) is 20.1. The highest BCUT2D eigenvalue weighted by atomic mass is 35.5. The number of hydrogen-bond acceptors (Lipinski definition) is 6. The summed E-state index contributed by atoms with van der Waals surface area (Å²) >= 11 is 7.33. The quantitative estimate of drug-likeness (QED) is 0.516. The van der Waals surface area contributed by atoms with Crippen molar-refractivity contribution in [1.82, 2.24) is 10.6 Å². The number of benzene rings is 1. The SMILES string of the molecule is CCOC(=O)C1=C(COC(=O)CCSc2ccc(Cl)cc2)NC(=O)NC1. The third kappa shape index (κ3) is 6.27. The molecule has 2 N–H and O–H groups in total. The van der Waals surface area contributed by atoms with Gasteiger partial charge in [-0.1, -0.05) is 11.6 Å². The van der Waals surface area contributed by atoms with Crippen LogP contribution in [0.3, 0.4) is 0 Å². The van der Waals surface area contributed by atoms with Gasteiger partial charge in [-0.05, 0) is 31.2 Å². The van der Waals surface area contributed by atoms with Crippen molar-refractivity contribution in [3.63, 3.8) is 0 Å². The van der Waals surface area contributed by atoms with Gasteiger partial charge in [-0.2, -0.15) is 0 Å². The van der Waals surface area contributed by atoms with Crippen LogP contribution in [0.2, 0.25) is 5.02 Å². The molecule has 7 nitrogen and oxygen atoms in total. The van der Waals surface area contributed by atoms with Crippen molar-refractivity contribution in [2.75, 3.05) is 25.5 Å². The zero-order valence-electron chi connectivity index (χ0n) is 14.2. The molecule has 26 heavy (non-hydrogen) atoms. The average Bonchev–Trinajstić information content (AvgIpc) is 2.62. The number of urea groups is 1. The Morgan fingerprint density at radius 1 is 1.23 bits per heavy atom. The number of thioether (sulfide) groups is 1. The van der Waals surface area contributed by atoms with E-state index in [9.17, 15) is 14.4 Å². The maximum absolute atomic E-state index is 11.9. The van der Waals surface area contributed by atoms with E-state index in [0.29, 0.717) is 10.8 Å². The smallest absolute Gasteiger partial charge is 0.337 e. The number of rotatable bonds is 8. The van der Waals surface area contributed by atoms with Gasteiger partial charge in [0.1, 0.15) is 6.61 Å². The van der Waals surface area contributed by atoms with Crippen LogP contribution in [-0.2, 0) is 19.1 Å². The monoisotopic (exact) mass is 398 g/mol. The predicted molar refractivity (Wildman–Crippen MR) is 97.9 cm³/mol. The van der Waals surface area contributed by atoms with Gasteiger partial charge < -0.3 is 20.1 Å². The number of carbonyl (C=O) groups excluding carboxylic acids is 3. The number of ether oxygens (including phenoxy) is 2. The zero-order chi connectivity index (χ0) is 18.9. The lowest BCUT2D eigenvalue weighted by atomic mass is 10.2. The van der Waals surface area contributed by atoms with E-state index < -0.39 is 18.0 Å². The van der Waals surface area contributed by atoms with Crippen LogP contribution in [0.25, 0.3) is 0 Å². The first-order valence-electron chi connectivity index (χ1n) is 7.97. The molecular formula is C17H19ClN2O5S. The molecule has 9 heteroatoms. The minimum absolute atomic E-state index is 0.0317. The summed E-state index contributed by atoms with van der Waals surface area (Å²) in [7, 11) is 0. The fraction of sp³-hybridized carbons (Fsp3) is 0.353. The Morgan fingerprint density at radius 3 is 2.65 bits per heavy atom. The van der Waals surface area contributed by atoms with Gasteiger partial charge in [0.05, 0.1) is 30.8 Å². The van der Waals surface area contributed by atoms with Crippen LogP contribution in [0.4, 0.5) is 4.79 Å².